The number of nitrogens with zero attached hydrogens (tertiary/aromatic N) is 5. The molecule has 0 spiro atoms. The third-order valence-electron chi connectivity index (χ3n) is 7.01. The summed E-state index contributed by atoms with van der Waals surface area (Å²) in [6.07, 6.45) is 11.6. The molecule has 0 radical (unpaired) electrons. The number of carbonyl (C=O) groups excluding carboxylic acids is 2. The molecule has 0 unspecified atom stereocenters. The maximum atomic E-state index is 13.0. The highest BCUT2D eigenvalue weighted by Gasteiger charge is 2.46. The van der Waals surface area contributed by atoms with Gasteiger partial charge in [0.05, 0.1) is 41.0 Å². The summed E-state index contributed by atoms with van der Waals surface area (Å²) in [4.78, 5) is 40.3. The molecule has 9 heteroatoms. The average Bonchev–Trinajstić information content (AvgIpc) is 3.94. The molecule has 2 N–H and O–H groups in total. The van der Waals surface area contributed by atoms with E-state index in [1.807, 2.05) is 44.3 Å². The highest BCUT2D eigenvalue weighted by Crippen LogP contribution is 2.46. The molecule has 0 atom stereocenters. The van der Waals surface area contributed by atoms with Gasteiger partial charge in [-0.25, -0.2) is 9.97 Å². The number of nitriles is 1. The van der Waals surface area contributed by atoms with Crippen LogP contribution in [0.4, 0.5) is 11.5 Å². The van der Waals surface area contributed by atoms with Gasteiger partial charge in [-0.1, -0.05) is 6.07 Å². The van der Waals surface area contributed by atoms with Crippen LogP contribution < -0.4 is 10.6 Å². The molecule has 2 saturated carbocycles. The molecule has 0 bridgehead atoms. The molecule has 0 saturated heterocycles. The number of aromatic nitrogens is 4. The lowest BCUT2D eigenvalue weighted by Crippen LogP contribution is -2.14. The van der Waals surface area contributed by atoms with Gasteiger partial charge in [0.1, 0.15) is 12.1 Å². The van der Waals surface area contributed by atoms with Crippen molar-refractivity contribution < 1.29 is 9.59 Å². The second-order valence-electron chi connectivity index (χ2n) is 10.1. The lowest BCUT2D eigenvalue weighted by molar-refractivity contribution is -0.108. The van der Waals surface area contributed by atoms with Crippen molar-refractivity contribution in [3.05, 3.63) is 84.1 Å². The second-order valence-corrected chi connectivity index (χ2v) is 10.1. The van der Waals surface area contributed by atoms with Gasteiger partial charge in [0.25, 0.3) is 5.91 Å². The molecule has 40 heavy (non-hydrogen) atoms. The number of hydrogen-bond donors (Lipinski definition) is 2. The number of anilines is 2. The molecule has 200 valence electrons. The smallest absolute Gasteiger partial charge is 0.255 e. The minimum absolute atomic E-state index is 0.256. The van der Waals surface area contributed by atoms with E-state index >= 15 is 0 Å². The standard InChI is InChI=1S/C27H23N7O.C4H6O/c1-17-3-4-20(33-26(35)19-6-9-31-24(11-19)27(16-28)7-8-27)13-21(17)23-15-30-14-22(34-23)18-5-10-32-25(12-18)29-2;5-3-4-1-2-4/h3-6,9-15H,7-8H2,1-2H3,(H,29,32)(H,33,35);3-4H,1-2H2. The number of rotatable bonds is 7. The van der Waals surface area contributed by atoms with Gasteiger partial charge in [-0.2, -0.15) is 5.26 Å². The van der Waals surface area contributed by atoms with Gasteiger partial charge in [0.2, 0.25) is 0 Å². The second kappa shape index (κ2) is 11.4. The first-order chi connectivity index (χ1) is 19.4. The van der Waals surface area contributed by atoms with Gasteiger partial charge < -0.3 is 15.4 Å². The summed E-state index contributed by atoms with van der Waals surface area (Å²) >= 11 is 0. The van der Waals surface area contributed by atoms with Crippen LogP contribution >= 0.6 is 0 Å². The van der Waals surface area contributed by atoms with Crippen LogP contribution in [0.2, 0.25) is 0 Å². The molecule has 4 aromatic rings. The van der Waals surface area contributed by atoms with Gasteiger partial charge in [0.15, 0.2) is 0 Å². The maximum absolute atomic E-state index is 13.0. The molecule has 1 aromatic carbocycles. The summed E-state index contributed by atoms with van der Waals surface area (Å²) in [6.45, 7) is 1.99. The Morgan fingerprint density at radius 2 is 1.82 bits per heavy atom. The van der Waals surface area contributed by atoms with E-state index in [4.69, 9.17) is 4.98 Å². The van der Waals surface area contributed by atoms with Crippen LogP contribution in [0, 0.1) is 24.2 Å². The highest BCUT2D eigenvalue weighted by atomic mass is 16.1. The Labute approximate surface area is 232 Å². The molecule has 2 aliphatic rings. The zero-order valence-electron chi connectivity index (χ0n) is 22.4. The van der Waals surface area contributed by atoms with E-state index in [9.17, 15) is 14.9 Å². The number of aryl methyl sites for hydroxylation is 1. The molecule has 3 aromatic heterocycles. The molecule has 2 aliphatic carbocycles. The van der Waals surface area contributed by atoms with E-state index < -0.39 is 5.41 Å². The summed E-state index contributed by atoms with van der Waals surface area (Å²) in [6, 6.07) is 15.2. The Kier molecular flexibility index (Phi) is 7.60. The Hall–Kier alpha value is -4.97. The van der Waals surface area contributed by atoms with Crippen LogP contribution in [0.25, 0.3) is 22.5 Å². The predicted molar refractivity (Wildman–Crippen MR) is 152 cm³/mol. The van der Waals surface area contributed by atoms with E-state index in [0.29, 0.717) is 28.6 Å². The normalized spacial score (nSPS) is 14.6. The first-order valence-corrected chi connectivity index (χ1v) is 13.2. The fourth-order valence-corrected chi connectivity index (χ4v) is 4.16. The van der Waals surface area contributed by atoms with Crippen molar-refractivity contribution in [3.63, 3.8) is 0 Å². The summed E-state index contributed by atoms with van der Waals surface area (Å²) in [5, 5.41) is 15.4. The first kappa shape index (κ1) is 26.6. The molecular formula is C31H29N7O2. The highest BCUT2D eigenvalue weighted by molar-refractivity contribution is 6.04. The van der Waals surface area contributed by atoms with Crippen molar-refractivity contribution in [1.82, 2.24) is 19.9 Å². The number of nitrogens with one attached hydrogen (secondary N) is 2. The molecule has 0 aliphatic heterocycles. The van der Waals surface area contributed by atoms with Crippen molar-refractivity contribution in [2.75, 3.05) is 17.7 Å². The van der Waals surface area contributed by atoms with Crippen LogP contribution in [0.5, 0.6) is 0 Å². The Balaban J connectivity index is 0.000000582. The van der Waals surface area contributed by atoms with Crippen LogP contribution in [-0.4, -0.2) is 39.2 Å². The quantitative estimate of drug-likeness (QED) is 0.305. The topological polar surface area (TPSA) is 134 Å². The lowest BCUT2D eigenvalue weighted by Gasteiger charge is -2.12. The van der Waals surface area contributed by atoms with E-state index in [0.717, 1.165) is 60.2 Å². The minimum Gasteiger partial charge on any atom is -0.373 e. The number of benzene rings is 1. The third-order valence-corrected chi connectivity index (χ3v) is 7.01. The van der Waals surface area contributed by atoms with E-state index in [-0.39, 0.29) is 5.91 Å². The number of amides is 1. The van der Waals surface area contributed by atoms with E-state index in [1.54, 1.807) is 36.9 Å². The van der Waals surface area contributed by atoms with Crippen molar-refractivity contribution in [3.8, 4) is 28.6 Å². The Morgan fingerprint density at radius 3 is 2.50 bits per heavy atom. The number of aldehydes is 1. The van der Waals surface area contributed by atoms with E-state index in [2.05, 4.69) is 31.7 Å². The predicted octanol–water partition coefficient (Wildman–Crippen LogP) is 5.35. The van der Waals surface area contributed by atoms with Crippen molar-refractivity contribution in [2.45, 2.75) is 38.0 Å². The van der Waals surface area contributed by atoms with E-state index in [1.165, 1.54) is 0 Å². The van der Waals surface area contributed by atoms with Crippen LogP contribution in [-0.2, 0) is 10.2 Å². The largest absolute Gasteiger partial charge is 0.373 e. The van der Waals surface area contributed by atoms with Gasteiger partial charge in [0, 0.05) is 47.7 Å². The van der Waals surface area contributed by atoms with Gasteiger partial charge in [-0.05, 0) is 74.6 Å². The van der Waals surface area contributed by atoms with Crippen LogP contribution in [0.15, 0.2) is 67.3 Å². The molecule has 6 rings (SSSR count). The van der Waals surface area contributed by atoms with Crippen molar-refractivity contribution in [1.29, 1.82) is 5.26 Å². The Morgan fingerprint density at radius 1 is 1.05 bits per heavy atom. The molecule has 2 fully saturated rings. The van der Waals surface area contributed by atoms with Crippen LogP contribution in [0.3, 0.4) is 0 Å². The summed E-state index contributed by atoms with van der Waals surface area (Å²) in [5.74, 6) is 0.945. The first-order valence-electron chi connectivity index (χ1n) is 13.2. The van der Waals surface area contributed by atoms with Crippen LogP contribution in [0.1, 0.15) is 47.3 Å². The SMILES string of the molecule is CNc1cc(-c2cncc(-c3cc(NC(=O)c4ccnc(C5(C#N)CC5)c4)ccc3C)n2)ccn1.O=CC1CC1. The van der Waals surface area contributed by atoms with Gasteiger partial charge in [-0.3, -0.25) is 14.8 Å². The molecule has 1 amide bonds. The minimum atomic E-state index is -0.542. The molecule has 9 nitrogen and oxygen atoms in total. The zero-order valence-corrected chi connectivity index (χ0v) is 22.4. The monoisotopic (exact) mass is 531 g/mol. The maximum Gasteiger partial charge on any atom is 0.255 e. The summed E-state index contributed by atoms with van der Waals surface area (Å²) in [7, 11) is 1.82. The van der Waals surface area contributed by atoms with Crippen molar-refractivity contribution in [2.24, 2.45) is 5.92 Å². The van der Waals surface area contributed by atoms with Gasteiger partial charge >= 0.3 is 0 Å². The Bertz CT molecular complexity index is 1600. The summed E-state index contributed by atoms with van der Waals surface area (Å²) < 4.78 is 0. The summed E-state index contributed by atoms with van der Waals surface area (Å²) in [5.41, 5.74) is 5.44. The fourth-order valence-electron chi connectivity index (χ4n) is 4.16. The number of hydrogen-bond acceptors (Lipinski definition) is 8. The van der Waals surface area contributed by atoms with Gasteiger partial charge in [-0.15, -0.1) is 0 Å². The number of carbonyl (C=O) groups is 2. The molecule has 3 heterocycles. The third kappa shape index (κ3) is 6.02. The van der Waals surface area contributed by atoms with Crippen molar-refractivity contribution >= 4 is 23.7 Å². The average molecular weight is 532 g/mol. The zero-order chi connectivity index (χ0) is 28.1. The fraction of sp³-hybridized carbons (Fsp3) is 0.258. The lowest BCUT2D eigenvalue weighted by atomic mass is 10.0. The number of pyridine rings is 2. The molecular weight excluding hydrogens is 502 g/mol.